The van der Waals surface area contributed by atoms with Gasteiger partial charge in [-0.2, -0.15) is 13.1 Å². The van der Waals surface area contributed by atoms with Gasteiger partial charge in [-0.15, -0.1) is 0 Å². The Morgan fingerprint density at radius 2 is 1.88 bits per heavy atom. The fourth-order valence-electron chi connectivity index (χ4n) is 6.37. The molecule has 0 spiro atoms. The highest BCUT2D eigenvalue weighted by molar-refractivity contribution is 7.92. The van der Waals surface area contributed by atoms with Gasteiger partial charge in [-0.3, -0.25) is 4.79 Å². The molecule has 0 unspecified atom stereocenters. The Kier molecular flexibility index (Phi) is 6.73. The first-order valence-corrected chi connectivity index (χ1v) is 16.7. The third-order valence-electron chi connectivity index (χ3n) is 8.84. The highest BCUT2D eigenvalue weighted by Crippen LogP contribution is 2.43. The molecule has 43 heavy (non-hydrogen) atoms. The number of piperidine rings is 1. The van der Waals surface area contributed by atoms with Crippen LogP contribution in [-0.2, 0) is 16.6 Å². The van der Waals surface area contributed by atoms with Gasteiger partial charge in [0, 0.05) is 48.0 Å². The predicted octanol–water partition coefficient (Wildman–Crippen LogP) is 4.50. The number of imidazole rings is 1. The van der Waals surface area contributed by atoms with Crippen molar-refractivity contribution in [1.29, 1.82) is 0 Å². The number of pyridine rings is 2. The zero-order valence-corrected chi connectivity index (χ0v) is 25.0. The number of nitrogens with two attached hydrogens (primary N) is 1. The molecule has 10 nitrogen and oxygen atoms in total. The van der Waals surface area contributed by atoms with Gasteiger partial charge < -0.3 is 19.6 Å². The lowest BCUT2D eigenvalue weighted by atomic mass is 10.0. The van der Waals surface area contributed by atoms with Crippen molar-refractivity contribution in [3.63, 3.8) is 0 Å². The fraction of sp³-hybridized carbons (Fsp3) is 0.500. The molecular weight excluding hydrogens is 576 g/mol. The van der Waals surface area contributed by atoms with Gasteiger partial charge in [0.2, 0.25) is 10.0 Å². The molecule has 13 heteroatoms. The van der Waals surface area contributed by atoms with Crippen LogP contribution in [0.1, 0.15) is 66.2 Å². The van der Waals surface area contributed by atoms with Crippen molar-refractivity contribution < 1.29 is 22.0 Å². The Morgan fingerprint density at radius 1 is 1.12 bits per heavy atom. The second kappa shape index (κ2) is 10.3. The van der Waals surface area contributed by atoms with Crippen LogP contribution in [0, 0.1) is 12.8 Å². The van der Waals surface area contributed by atoms with Crippen LogP contribution in [0.3, 0.4) is 0 Å². The van der Waals surface area contributed by atoms with E-state index in [1.54, 1.807) is 6.07 Å². The summed E-state index contributed by atoms with van der Waals surface area (Å²) in [4.78, 5) is 24.9. The van der Waals surface area contributed by atoms with E-state index >= 15 is 0 Å². The number of alkyl halides is 2. The first-order chi connectivity index (χ1) is 20.5. The minimum Gasteiger partial charge on any atom is -0.337 e. The molecule has 5 heterocycles. The Hall–Kier alpha value is -3.58. The number of anilines is 1. The molecule has 7 rings (SSSR count). The number of amides is 1. The van der Waals surface area contributed by atoms with E-state index in [1.165, 1.54) is 6.07 Å². The number of likely N-dealkylation sites (tertiary alicyclic amines) is 1. The second-order valence-corrected chi connectivity index (χ2v) is 14.2. The number of nitrogens with zero attached hydrogens (tertiary/aromatic N) is 6. The monoisotopic (exact) mass is 611 g/mol. The lowest BCUT2D eigenvalue weighted by molar-refractivity contribution is 0.0708. The largest absolute Gasteiger partial charge is 0.337 e. The number of carbonyl (C=O) groups is 1. The van der Waals surface area contributed by atoms with Crippen LogP contribution >= 0.6 is 0 Å². The van der Waals surface area contributed by atoms with Crippen LogP contribution in [-0.4, -0.2) is 70.1 Å². The number of hydrogen-bond donors (Lipinski definition) is 1. The van der Waals surface area contributed by atoms with Gasteiger partial charge in [0.1, 0.15) is 22.8 Å². The average Bonchev–Trinajstić information content (AvgIpc) is 3.88. The molecule has 2 saturated carbocycles. The summed E-state index contributed by atoms with van der Waals surface area (Å²) in [6.45, 7) is 0.593. The maximum absolute atomic E-state index is 13.8. The molecular formula is C30H35F2N7O3S. The highest BCUT2D eigenvalue weighted by atomic mass is 32.2. The summed E-state index contributed by atoms with van der Waals surface area (Å²) >= 11 is 0. The van der Waals surface area contributed by atoms with Crippen molar-refractivity contribution in [3.8, 4) is 11.4 Å². The van der Waals surface area contributed by atoms with Crippen molar-refractivity contribution in [2.45, 2.75) is 70.5 Å². The van der Waals surface area contributed by atoms with E-state index in [0.29, 0.717) is 53.7 Å². The molecule has 1 atom stereocenters. The standard InChI is InChI=1S/C30H35F2N7O3S/c1-17-27(34-26-14-21(13-23(38(17)26)19-7-8-19)29(40)36-11-3-4-22(33)16-36)24-12-20-9-10-25(39(30(31)32)43(2,41)42)35-28(20)37(24)15-18-5-6-18/h9-10,12-14,18-19,22,30H,3-8,11,15-16,33H2,1-2H3/t22-/m1/s1. The maximum Gasteiger partial charge on any atom is 0.329 e. The van der Waals surface area contributed by atoms with Gasteiger partial charge in [0.25, 0.3) is 5.91 Å². The summed E-state index contributed by atoms with van der Waals surface area (Å²) in [5.74, 6) is 0.406. The molecule has 2 N–H and O–H groups in total. The summed E-state index contributed by atoms with van der Waals surface area (Å²) in [5, 5.41) is 0.707. The molecule has 3 fully saturated rings. The lowest BCUT2D eigenvalue weighted by Gasteiger charge is -2.31. The van der Waals surface area contributed by atoms with E-state index in [4.69, 9.17) is 10.7 Å². The van der Waals surface area contributed by atoms with Gasteiger partial charge in [-0.25, -0.2) is 18.4 Å². The minimum atomic E-state index is -4.25. The number of hydrogen-bond acceptors (Lipinski definition) is 6. The fourth-order valence-corrected chi connectivity index (χ4v) is 7.10. The molecule has 0 aromatic carbocycles. The van der Waals surface area contributed by atoms with Gasteiger partial charge >= 0.3 is 6.55 Å². The summed E-state index contributed by atoms with van der Waals surface area (Å²) in [5.41, 5.74) is 11.4. The quantitative estimate of drug-likeness (QED) is 0.293. The van der Waals surface area contributed by atoms with Crippen molar-refractivity contribution in [2.75, 3.05) is 23.7 Å². The molecule has 1 saturated heterocycles. The number of rotatable bonds is 8. The molecule has 2 aliphatic carbocycles. The van der Waals surface area contributed by atoms with Crippen LogP contribution in [0.25, 0.3) is 28.1 Å². The molecule has 4 aromatic rings. The van der Waals surface area contributed by atoms with Gasteiger partial charge in [0.15, 0.2) is 0 Å². The zero-order valence-electron chi connectivity index (χ0n) is 24.2. The normalized spacial score (nSPS) is 19.6. The van der Waals surface area contributed by atoms with E-state index in [0.717, 1.165) is 67.6 Å². The third-order valence-corrected chi connectivity index (χ3v) is 9.90. The maximum atomic E-state index is 13.8. The lowest BCUT2D eigenvalue weighted by Crippen LogP contribution is -2.45. The number of aromatic nitrogens is 4. The van der Waals surface area contributed by atoms with Crippen LogP contribution in [0.2, 0.25) is 0 Å². The van der Waals surface area contributed by atoms with E-state index in [2.05, 4.69) is 9.38 Å². The highest BCUT2D eigenvalue weighted by Gasteiger charge is 2.33. The van der Waals surface area contributed by atoms with Crippen LogP contribution in [0.5, 0.6) is 0 Å². The average molecular weight is 612 g/mol. The molecule has 0 bridgehead atoms. The number of halogens is 2. The summed E-state index contributed by atoms with van der Waals surface area (Å²) in [6.07, 6.45) is 6.74. The first kappa shape index (κ1) is 28.2. The van der Waals surface area contributed by atoms with Crippen molar-refractivity contribution in [2.24, 2.45) is 11.7 Å². The minimum absolute atomic E-state index is 0.0164. The van der Waals surface area contributed by atoms with Gasteiger partial charge in [-0.1, -0.05) is 0 Å². The Morgan fingerprint density at radius 3 is 2.53 bits per heavy atom. The van der Waals surface area contributed by atoms with Gasteiger partial charge in [-0.05, 0) is 87.6 Å². The van der Waals surface area contributed by atoms with Crippen molar-refractivity contribution in [3.05, 3.63) is 47.3 Å². The Bertz CT molecular complexity index is 1860. The van der Waals surface area contributed by atoms with E-state index in [9.17, 15) is 22.0 Å². The number of carbonyl (C=O) groups excluding carboxylic acids is 1. The summed E-state index contributed by atoms with van der Waals surface area (Å²) < 4.78 is 56.2. The Labute approximate surface area is 248 Å². The van der Waals surface area contributed by atoms with Crippen molar-refractivity contribution >= 4 is 38.4 Å². The number of aryl methyl sites for hydroxylation is 1. The molecule has 228 valence electrons. The topological polar surface area (TPSA) is 119 Å². The molecule has 0 radical (unpaired) electrons. The van der Waals surface area contributed by atoms with Crippen LogP contribution < -0.4 is 10.0 Å². The summed E-state index contributed by atoms with van der Waals surface area (Å²) in [6, 6.07) is 8.72. The summed E-state index contributed by atoms with van der Waals surface area (Å²) in [7, 11) is -4.25. The smallest absolute Gasteiger partial charge is 0.329 e. The van der Waals surface area contributed by atoms with Crippen LogP contribution in [0.15, 0.2) is 30.3 Å². The van der Waals surface area contributed by atoms with Crippen molar-refractivity contribution in [1.82, 2.24) is 23.8 Å². The van der Waals surface area contributed by atoms with Gasteiger partial charge in [0.05, 0.1) is 11.9 Å². The molecule has 4 aromatic heterocycles. The molecule has 1 aliphatic heterocycles. The zero-order chi connectivity index (χ0) is 30.2. The van der Waals surface area contributed by atoms with E-state index < -0.39 is 16.6 Å². The van der Waals surface area contributed by atoms with E-state index in [1.807, 2.05) is 34.6 Å². The SMILES string of the molecule is Cc1c(-c2cc3ccc(N(C(F)F)S(C)(=O)=O)nc3n2CC2CC2)nc2cc(C(=O)N3CCC[C@@H](N)C3)cc(C3CC3)n12. The second-order valence-electron chi connectivity index (χ2n) is 12.3. The number of fused-ring (bicyclic) bond motifs is 2. The third kappa shape index (κ3) is 5.16. The predicted molar refractivity (Wildman–Crippen MR) is 160 cm³/mol. The van der Waals surface area contributed by atoms with E-state index in [-0.39, 0.29) is 22.1 Å². The Balaban J connectivity index is 1.37. The molecule has 1 amide bonds. The van der Waals surface area contributed by atoms with Crippen LogP contribution in [0.4, 0.5) is 14.6 Å². The molecule has 3 aliphatic rings. The number of sulfonamides is 1. The first-order valence-electron chi connectivity index (χ1n) is 14.9.